The van der Waals surface area contributed by atoms with Crippen LogP contribution in [0.25, 0.3) is 0 Å². The van der Waals surface area contributed by atoms with Crippen molar-refractivity contribution in [3.05, 3.63) is 40.9 Å². The van der Waals surface area contributed by atoms with Crippen LogP contribution < -0.4 is 25.4 Å². The number of hydrogen-bond acceptors (Lipinski definition) is 5. The normalized spacial score (nSPS) is 15.1. The van der Waals surface area contributed by atoms with Gasteiger partial charge in [-0.2, -0.15) is 0 Å². The van der Waals surface area contributed by atoms with Crippen LogP contribution in [0.15, 0.2) is 30.3 Å². The van der Waals surface area contributed by atoms with Crippen molar-refractivity contribution >= 4 is 47.0 Å². The van der Waals surface area contributed by atoms with E-state index in [0.717, 1.165) is 42.7 Å². The highest BCUT2D eigenvalue weighted by Crippen LogP contribution is 2.38. The Labute approximate surface area is 175 Å². The molecule has 0 aromatic heterocycles. The van der Waals surface area contributed by atoms with E-state index in [4.69, 9.17) is 26.8 Å². The maximum Gasteiger partial charge on any atom is 0.243 e. The summed E-state index contributed by atoms with van der Waals surface area (Å²) < 4.78 is 11.3. The first-order valence-corrected chi connectivity index (χ1v) is 9.51. The number of anilines is 3. The number of nitrogens with one attached hydrogen (secondary N) is 1. The van der Waals surface area contributed by atoms with Crippen molar-refractivity contribution in [2.24, 2.45) is 0 Å². The SMILES string of the molecule is Cl.Nc1cccc2c1CCCN2CC(=O)Nc1cc2c(cc1Cl)OCCCO2. The zero-order valence-corrected chi connectivity index (χ0v) is 16.9. The molecule has 2 aliphatic heterocycles. The van der Waals surface area contributed by atoms with Gasteiger partial charge in [-0.05, 0) is 30.5 Å². The van der Waals surface area contributed by atoms with E-state index in [2.05, 4.69) is 10.2 Å². The molecule has 6 nitrogen and oxygen atoms in total. The standard InChI is InChI=1S/C20H22ClN3O3.ClH/c21-14-10-18-19(27-9-3-8-26-18)11-16(14)23-20(25)12-24-7-2-4-13-15(22)5-1-6-17(13)24;/h1,5-6,10-11H,2-4,7-9,12,22H2,(H,23,25);1H. The van der Waals surface area contributed by atoms with Gasteiger partial charge in [-0.25, -0.2) is 0 Å². The molecule has 0 bridgehead atoms. The van der Waals surface area contributed by atoms with Gasteiger partial charge in [0.25, 0.3) is 0 Å². The van der Waals surface area contributed by atoms with Gasteiger partial charge in [-0.1, -0.05) is 17.7 Å². The molecule has 28 heavy (non-hydrogen) atoms. The van der Waals surface area contributed by atoms with Crippen LogP contribution in [-0.4, -0.2) is 32.2 Å². The van der Waals surface area contributed by atoms with E-state index < -0.39 is 0 Å². The molecule has 0 atom stereocenters. The van der Waals surface area contributed by atoms with Crippen LogP contribution in [0.3, 0.4) is 0 Å². The minimum Gasteiger partial charge on any atom is -0.490 e. The summed E-state index contributed by atoms with van der Waals surface area (Å²) in [6.07, 6.45) is 2.72. The topological polar surface area (TPSA) is 76.8 Å². The highest BCUT2D eigenvalue weighted by atomic mass is 35.5. The van der Waals surface area contributed by atoms with Crippen molar-refractivity contribution in [1.29, 1.82) is 0 Å². The first-order valence-electron chi connectivity index (χ1n) is 9.13. The lowest BCUT2D eigenvalue weighted by Crippen LogP contribution is -2.37. The lowest BCUT2D eigenvalue weighted by molar-refractivity contribution is -0.115. The van der Waals surface area contributed by atoms with Crippen molar-refractivity contribution in [3.63, 3.8) is 0 Å². The molecule has 2 heterocycles. The van der Waals surface area contributed by atoms with E-state index in [9.17, 15) is 4.79 Å². The minimum absolute atomic E-state index is 0. The molecule has 2 aliphatic rings. The van der Waals surface area contributed by atoms with Gasteiger partial charge in [0.2, 0.25) is 5.91 Å². The van der Waals surface area contributed by atoms with Crippen molar-refractivity contribution in [1.82, 2.24) is 0 Å². The molecule has 0 fully saturated rings. The number of halogens is 2. The predicted octanol–water partition coefficient (Wildman–Crippen LogP) is 3.90. The van der Waals surface area contributed by atoms with Crippen LogP contribution in [0, 0.1) is 0 Å². The lowest BCUT2D eigenvalue weighted by Gasteiger charge is -2.31. The molecule has 150 valence electrons. The second kappa shape index (κ2) is 8.80. The van der Waals surface area contributed by atoms with Crippen molar-refractivity contribution in [2.45, 2.75) is 19.3 Å². The molecule has 3 N–H and O–H groups in total. The molecule has 1 amide bonds. The monoisotopic (exact) mass is 423 g/mol. The van der Waals surface area contributed by atoms with Crippen LogP contribution in [0.4, 0.5) is 17.1 Å². The summed E-state index contributed by atoms with van der Waals surface area (Å²) in [5.41, 5.74) is 9.53. The van der Waals surface area contributed by atoms with Gasteiger partial charge in [-0.3, -0.25) is 4.79 Å². The third-order valence-electron chi connectivity index (χ3n) is 4.83. The summed E-state index contributed by atoms with van der Waals surface area (Å²) in [7, 11) is 0. The summed E-state index contributed by atoms with van der Waals surface area (Å²) in [6.45, 7) is 2.22. The molecule has 2 aromatic rings. The molecule has 0 saturated carbocycles. The van der Waals surface area contributed by atoms with Gasteiger partial charge in [0.05, 0.1) is 30.5 Å². The number of benzene rings is 2. The number of nitrogens with zero attached hydrogens (tertiary/aromatic N) is 1. The number of rotatable bonds is 3. The van der Waals surface area contributed by atoms with Crippen LogP contribution in [0.1, 0.15) is 18.4 Å². The van der Waals surface area contributed by atoms with Gasteiger partial charge >= 0.3 is 0 Å². The highest BCUT2D eigenvalue weighted by molar-refractivity contribution is 6.34. The number of carbonyl (C=O) groups is 1. The van der Waals surface area contributed by atoms with Gasteiger partial charge in [0, 0.05) is 36.5 Å². The summed E-state index contributed by atoms with van der Waals surface area (Å²) in [5.74, 6) is 1.07. The molecule has 8 heteroatoms. The maximum atomic E-state index is 12.6. The smallest absolute Gasteiger partial charge is 0.243 e. The Balaban J connectivity index is 0.00000225. The molecule has 0 spiro atoms. The Morgan fingerprint density at radius 3 is 2.71 bits per heavy atom. The molecule has 0 unspecified atom stereocenters. The van der Waals surface area contributed by atoms with E-state index in [1.165, 1.54) is 0 Å². The number of carbonyl (C=O) groups excluding carboxylic acids is 1. The number of nitrogen functional groups attached to an aromatic ring is 1. The Morgan fingerprint density at radius 2 is 1.93 bits per heavy atom. The summed E-state index contributed by atoms with van der Waals surface area (Å²) in [4.78, 5) is 14.7. The Hall–Kier alpha value is -2.31. The molecule has 0 saturated heterocycles. The maximum absolute atomic E-state index is 12.6. The van der Waals surface area contributed by atoms with Crippen molar-refractivity contribution < 1.29 is 14.3 Å². The second-order valence-electron chi connectivity index (χ2n) is 6.75. The average molecular weight is 424 g/mol. The van der Waals surface area contributed by atoms with E-state index in [1.54, 1.807) is 12.1 Å². The third-order valence-corrected chi connectivity index (χ3v) is 5.14. The first-order chi connectivity index (χ1) is 13.1. The van der Waals surface area contributed by atoms with Gasteiger partial charge in [0.15, 0.2) is 11.5 Å². The quantitative estimate of drug-likeness (QED) is 0.731. The molecular weight excluding hydrogens is 401 g/mol. The minimum atomic E-state index is -0.137. The fraction of sp³-hybridized carbons (Fsp3) is 0.350. The fourth-order valence-corrected chi connectivity index (χ4v) is 3.74. The second-order valence-corrected chi connectivity index (χ2v) is 7.15. The zero-order valence-electron chi connectivity index (χ0n) is 15.4. The Morgan fingerprint density at radius 1 is 1.18 bits per heavy atom. The number of fused-ring (bicyclic) bond motifs is 2. The van der Waals surface area contributed by atoms with Crippen LogP contribution in [-0.2, 0) is 11.2 Å². The van der Waals surface area contributed by atoms with Crippen molar-refractivity contribution in [3.8, 4) is 11.5 Å². The molecular formula is C20H23Cl2N3O3. The fourth-order valence-electron chi connectivity index (χ4n) is 3.53. The summed E-state index contributed by atoms with van der Waals surface area (Å²) in [5, 5.41) is 3.32. The summed E-state index contributed by atoms with van der Waals surface area (Å²) >= 11 is 6.32. The highest BCUT2D eigenvalue weighted by Gasteiger charge is 2.21. The van der Waals surface area contributed by atoms with Gasteiger partial charge in [-0.15, -0.1) is 12.4 Å². The van der Waals surface area contributed by atoms with Crippen molar-refractivity contribution in [2.75, 3.05) is 42.3 Å². The first kappa shape index (κ1) is 20.4. The molecule has 0 aliphatic carbocycles. The van der Waals surface area contributed by atoms with Gasteiger partial charge < -0.3 is 25.4 Å². The van der Waals surface area contributed by atoms with E-state index in [0.29, 0.717) is 35.4 Å². The molecule has 2 aromatic carbocycles. The largest absolute Gasteiger partial charge is 0.490 e. The van der Waals surface area contributed by atoms with E-state index in [-0.39, 0.29) is 24.9 Å². The Kier molecular flexibility index (Phi) is 6.42. The van der Waals surface area contributed by atoms with Crippen LogP contribution in [0.2, 0.25) is 5.02 Å². The van der Waals surface area contributed by atoms with E-state index in [1.807, 2.05) is 18.2 Å². The number of amides is 1. The van der Waals surface area contributed by atoms with Crippen LogP contribution >= 0.6 is 24.0 Å². The van der Waals surface area contributed by atoms with Gasteiger partial charge in [0.1, 0.15) is 0 Å². The number of hydrogen-bond donors (Lipinski definition) is 2. The number of ether oxygens (including phenoxy) is 2. The van der Waals surface area contributed by atoms with Crippen LogP contribution in [0.5, 0.6) is 11.5 Å². The summed E-state index contributed by atoms with van der Waals surface area (Å²) in [6, 6.07) is 9.25. The predicted molar refractivity (Wildman–Crippen MR) is 114 cm³/mol. The lowest BCUT2D eigenvalue weighted by atomic mass is 10.00. The average Bonchev–Trinajstić information content (AvgIpc) is 2.88. The zero-order chi connectivity index (χ0) is 18.8. The molecule has 4 rings (SSSR count). The third kappa shape index (κ3) is 4.23. The molecule has 0 radical (unpaired) electrons. The Bertz CT molecular complexity index is 876. The number of nitrogens with two attached hydrogens (primary N) is 1. The van der Waals surface area contributed by atoms with E-state index >= 15 is 0 Å².